The lowest BCUT2D eigenvalue weighted by Crippen LogP contribution is -2.33. The van der Waals surface area contributed by atoms with Crippen LogP contribution in [0.3, 0.4) is 0 Å². The Bertz CT molecular complexity index is 730. The summed E-state index contributed by atoms with van der Waals surface area (Å²) >= 11 is 0. The van der Waals surface area contributed by atoms with E-state index in [0.29, 0.717) is 12.0 Å². The van der Waals surface area contributed by atoms with Crippen LogP contribution in [0.25, 0.3) is 0 Å². The first-order chi connectivity index (χ1) is 12.3. The average molecular weight is 357 g/mol. The molecule has 1 unspecified atom stereocenters. The molecule has 0 aromatic heterocycles. The van der Waals surface area contributed by atoms with E-state index in [1.165, 1.54) is 0 Å². The van der Waals surface area contributed by atoms with E-state index in [4.69, 9.17) is 14.2 Å². The van der Waals surface area contributed by atoms with Crippen LogP contribution in [-0.4, -0.2) is 30.8 Å². The topological polar surface area (TPSA) is 48.0 Å². The molecule has 0 amide bonds. The first-order valence-corrected chi connectivity index (χ1v) is 9.02. The van der Waals surface area contributed by atoms with Gasteiger partial charge < -0.3 is 19.1 Å². The molecule has 1 aromatic rings. The van der Waals surface area contributed by atoms with E-state index >= 15 is 0 Å². The molecule has 0 saturated heterocycles. The van der Waals surface area contributed by atoms with Gasteiger partial charge in [0.15, 0.2) is 11.5 Å². The van der Waals surface area contributed by atoms with Gasteiger partial charge in [-0.1, -0.05) is 32.9 Å². The molecule has 2 heterocycles. The van der Waals surface area contributed by atoms with E-state index in [-0.39, 0.29) is 24.3 Å². The zero-order chi connectivity index (χ0) is 18.7. The van der Waals surface area contributed by atoms with Crippen molar-refractivity contribution in [3.63, 3.8) is 0 Å². The number of fused-ring (bicyclic) bond motifs is 1. The van der Waals surface area contributed by atoms with Crippen LogP contribution in [-0.2, 0) is 16.0 Å². The number of nitrogens with zero attached hydrogens (tertiary/aromatic N) is 1. The summed E-state index contributed by atoms with van der Waals surface area (Å²) in [6, 6.07) is 5.98. The number of hydrogen-bond acceptors (Lipinski definition) is 5. The smallest absolute Gasteiger partial charge is 0.336 e. The van der Waals surface area contributed by atoms with Crippen molar-refractivity contribution in [3.8, 4) is 11.5 Å². The van der Waals surface area contributed by atoms with Gasteiger partial charge in [0.25, 0.3) is 0 Å². The third-order valence-electron chi connectivity index (χ3n) is 4.65. The van der Waals surface area contributed by atoms with Crippen molar-refractivity contribution < 1.29 is 19.0 Å². The summed E-state index contributed by atoms with van der Waals surface area (Å²) in [4.78, 5) is 14.5. The zero-order valence-corrected chi connectivity index (χ0v) is 16.0. The fourth-order valence-electron chi connectivity index (χ4n) is 3.09. The molecular weight excluding hydrogens is 330 g/mol. The molecule has 26 heavy (non-hydrogen) atoms. The number of aryl methyl sites for hydroxylation is 1. The minimum atomic E-state index is -0.230. The fraction of sp³-hybridized carbons (Fsp3) is 0.476. The fourth-order valence-corrected chi connectivity index (χ4v) is 3.09. The van der Waals surface area contributed by atoms with Crippen molar-refractivity contribution in [1.82, 2.24) is 4.90 Å². The van der Waals surface area contributed by atoms with Crippen molar-refractivity contribution in [2.75, 3.05) is 13.8 Å². The summed E-state index contributed by atoms with van der Waals surface area (Å²) < 4.78 is 16.7. The molecular formula is C21H27NO4. The van der Waals surface area contributed by atoms with Gasteiger partial charge in [0.05, 0.1) is 5.57 Å². The Morgan fingerprint density at radius 2 is 2.04 bits per heavy atom. The molecule has 0 bridgehead atoms. The number of carbonyl (C=O) groups excluding carboxylic acids is 1. The quantitative estimate of drug-likeness (QED) is 0.745. The van der Waals surface area contributed by atoms with E-state index in [2.05, 4.69) is 20.8 Å². The SMILES string of the molecule is CN1C=CCC(C(=O)OC(CCc2ccc3c(c2)OCO3)C(C)(C)C)=C1. The second-order valence-corrected chi connectivity index (χ2v) is 7.89. The minimum absolute atomic E-state index is 0.136. The number of esters is 1. The Kier molecular flexibility index (Phi) is 5.25. The van der Waals surface area contributed by atoms with Gasteiger partial charge in [0.1, 0.15) is 6.10 Å². The van der Waals surface area contributed by atoms with Crippen molar-refractivity contribution in [2.45, 2.75) is 46.1 Å². The molecule has 2 aliphatic heterocycles. The van der Waals surface area contributed by atoms with Crippen LogP contribution in [0.5, 0.6) is 11.5 Å². The molecule has 2 aliphatic rings. The maximum atomic E-state index is 12.6. The van der Waals surface area contributed by atoms with Crippen LogP contribution in [0.15, 0.2) is 42.2 Å². The van der Waals surface area contributed by atoms with Gasteiger partial charge in [-0.25, -0.2) is 4.79 Å². The highest BCUT2D eigenvalue weighted by molar-refractivity contribution is 5.89. The molecule has 0 N–H and O–H groups in total. The van der Waals surface area contributed by atoms with E-state index in [0.717, 1.165) is 29.9 Å². The molecule has 5 nitrogen and oxygen atoms in total. The van der Waals surface area contributed by atoms with Crippen LogP contribution < -0.4 is 9.47 Å². The Labute approximate surface area is 155 Å². The predicted octanol–water partition coefficient (Wildman–Crippen LogP) is 4.04. The maximum Gasteiger partial charge on any atom is 0.336 e. The summed E-state index contributed by atoms with van der Waals surface area (Å²) in [5, 5.41) is 0. The molecule has 140 valence electrons. The van der Waals surface area contributed by atoms with Gasteiger partial charge in [0.2, 0.25) is 6.79 Å². The summed E-state index contributed by atoms with van der Waals surface area (Å²) in [5.41, 5.74) is 1.70. The number of ether oxygens (including phenoxy) is 3. The molecule has 0 radical (unpaired) electrons. The van der Waals surface area contributed by atoms with Crippen molar-refractivity contribution in [2.24, 2.45) is 5.41 Å². The van der Waals surface area contributed by atoms with Gasteiger partial charge in [-0.3, -0.25) is 0 Å². The largest absolute Gasteiger partial charge is 0.458 e. The van der Waals surface area contributed by atoms with Gasteiger partial charge in [-0.05, 0) is 42.2 Å². The number of carbonyl (C=O) groups is 1. The number of allylic oxidation sites excluding steroid dienone is 1. The Balaban J connectivity index is 1.64. The normalized spacial score (nSPS) is 17.1. The van der Waals surface area contributed by atoms with E-state index < -0.39 is 0 Å². The van der Waals surface area contributed by atoms with Crippen LogP contribution in [0.4, 0.5) is 0 Å². The van der Waals surface area contributed by atoms with Crippen molar-refractivity contribution in [1.29, 1.82) is 0 Å². The van der Waals surface area contributed by atoms with Crippen LogP contribution in [0, 0.1) is 5.41 Å². The highest BCUT2D eigenvalue weighted by Gasteiger charge is 2.29. The van der Waals surface area contributed by atoms with Crippen molar-refractivity contribution in [3.05, 3.63) is 47.8 Å². The molecule has 0 fully saturated rings. The lowest BCUT2D eigenvalue weighted by Gasteiger charge is -2.31. The third-order valence-corrected chi connectivity index (χ3v) is 4.65. The van der Waals surface area contributed by atoms with Gasteiger partial charge >= 0.3 is 5.97 Å². The van der Waals surface area contributed by atoms with Gasteiger partial charge in [-0.15, -0.1) is 0 Å². The number of benzene rings is 1. The molecule has 5 heteroatoms. The van der Waals surface area contributed by atoms with Gasteiger partial charge in [0, 0.05) is 19.7 Å². The van der Waals surface area contributed by atoms with Crippen LogP contribution in [0.1, 0.15) is 39.2 Å². The third kappa shape index (κ3) is 4.40. The molecule has 0 aliphatic carbocycles. The first kappa shape index (κ1) is 18.4. The van der Waals surface area contributed by atoms with Crippen molar-refractivity contribution >= 4 is 5.97 Å². The van der Waals surface area contributed by atoms with Gasteiger partial charge in [-0.2, -0.15) is 0 Å². The standard InChI is InChI=1S/C21H27NO4/c1-21(2,3)19(26-20(23)16-6-5-11-22(4)13-16)10-8-15-7-9-17-18(12-15)25-14-24-17/h5,7,9,11-13,19H,6,8,10,14H2,1-4H3. The summed E-state index contributed by atoms with van der Waals surface area (Å²) in [5.74, 6) is 1.34. The average Bonchev–Trinajstić information content (AvgIpc) is 3.05. The highest BCUT2D eigenvalue weighted by atomic mass is 16.7. The maximum absolute atomic E-state index is 12.6. The predicted molar refractivity (Wildman–Crippen MR) is 99.8 cm³/mol. The molecule has 3 rings (SSSR count). The second kappa shape index (κ2) is 7.44. The summed E-state index contributed by atoms with van der Waals surface area (Å²) in [6.45, 7) is 6.59. The Morgan fingerprint density at radius 1 is 1.27 bits per heavy atom. The zero-order valence-electron chi connectivity index (χ0n) is 16.0. The lowest BCUT2D eigenvalue weighted by molar-refractivity contribution is -0.150. The molecule has 1 atom stereocenters. The Hall–Kier alpha value is -2.43. The second-order valence-electron chi connectivity index (χ2n) is 7.89. The number of hydrogen-bond donors (Lipinski definition) is 0. The monoisotopic (exact) mass is 357 g/mol. The minimum Gasteiger partial charge on any atom is -0.458 e. The molecule has 1 aromatic carbocycles. The van der Waals surface area contributed by atoms with Crippen LogP contribution in [0.2, 0.25) is 0 Å². The van der Waals surface area contributed by atoms with E-state index in [9.17, 15) is 4.79 Å². The number of rotatable bonds is 5. The first-order valence-electron chi connectivity index (χ1n) is 9.02. The summed E-state index contributed by atoms with van der Waals surface area (Å²) in [6.07, 6.45) is 7.76. The van der Waals surface area contributed by atoms with Crippen LogP contribution >= 0.6 is 0 Å². The van der Waals surface area contributed by atoms with E-state index in [1.807, 2.05) is 48.6 Å². The highest BCUT2D eigenvalue weighted by Crippen LogP contribution is 2.34. The van der Waals surface area contributed by atoms with E-state index in [1.54, 1.807) is 0 Å². The Morgan fingerprint density at radius 3 is 2.77 bits per heavy atom. The lowest BCUT2D eigenvalue weighted by atomic mass is 9.85. The molecule has 0 saturated carbocycles. The molecule has 0 spiro atoms. The summed E-state index contributed by atoms with van der Waals surface area (Å²) in [7, 11) is 1.91.